The molecule has 0 aliphatic carbocycles. The summed E-state index contributed by atoms with van der Waals surface area (Å²) in [5, 5.41) is 6.02. The minimum Gasteiger partial charge on any atom is -0.272 e. The molecule has 0 spiro atoms. The van der Waals surface area contributed by atoms with Crippen molar-refractivity contribution in [1.29, 1.82) is 0 Å². The van der Waals surface area contributed by atoms with Crippen molar-refractivity contribution in [3.63, 3.8) is 0 Å². The molecule has 1 heterocycles. The van der Waals surface area contributed by atoms with Crippen molar-refractivity contribution >= 4 is 46.6 Å². The molecule has 88 valence electrons. The van der Waals surface area contributed by atoms with E-state index in [2.05, 4.69) is 10.6 Å². The summed E-state index contributed by atoms with van der Waals surface area (Å²) in [5.41, 5.74) is -0.884. The first-order chi connectivity index (χ1) is 7.66. The fourth-order valence-electron chi connectivity index (χ4n) is 1.44. The average Bonchev–Trinajstić information content (AvgIpc) is 2.25. The van der Waals surface area contributed by atoms with E-state index in [0.717, 1.165) is 4.90 Å². The van der Waals surface area contributed by atoms with Crippen LogP contribution in [0.15, 0.2) is 35.2 Å². The van der Waals surface area contributed by atoms with Gasteiger partial charge in [-0.05, 0) is 12.1 Å². The van der Waals surface area contributed by atoms with Gasteiger partial charge in [0.05, 0.1) is 16.3 Å². The first-order valence-corrected chi connectivity index (χ1v) is 7.02. The third-order valence-corrected chi connectivity index (χ3v) is 4.91. The van der Waals surface area contributed by atoms with Gasteiger partial charge in [-0.2, -0.15) is 0 Å². The molecule has 1 fully saturated rings. The largest absolute Gasteiger partial charge is 0.272 e. The Morgan fingerprint density at radius 3 is 2.06 bits per heavy atom. The van der Waals surface area contributed by atoms with Crippen molar-refractivity contribution in [2.75, 3.05) is 0 Å². The van der Waals surface area contributed by atoms with Crippen LogP contribution in [-0.2, 0) is 0 Å². The highest BCUT2D eigenvalue weighted by molar-refractivity contribution is 8.00. The molecule has 0 saturated carbocycles. The van der Waals surface area contributed by atoms with Crippen LogP contribution in [0.1, 0.15) is 0 Å². The first-order valence-electron chi connectivity index (χ1n) is 4.83. The Morgan fingerprint density at radius 2 is 1.50 bits per heavy atom. The lowest BCUT2D eigenvalue weighted by molar-refractivity contribution is 0.413. The molecule has 1 aromatic rings. The topological polar surface area (TPSA) is 24.1 Å². The van der Waals surface area contributed by atoms with Crippen molar-refractivity contribution in [3.8, 4) is 0 Å². The van der Waals surface area contributed by atoms with Crippen LogP contribution in [0.2, 0.25) is 0 Å². The monoisotopic (exact) mass is 296 g/mol. The van der Waals surface area contributed by atoms with Crippen LogP contribution in [0.5, 0.6) is 0 Å². The fourth-order valence-corrected chi connectivity index (χ4v) is 3.79. The molecule has 1 aliphatic rings. The van der Waals surface area contributed by atoms with E-state index in [-0.39, 0.29) is 21.9 Å². The Kier molecular flexibility index (Phi) is 4.65. The lowest BCUT2D eigenvalue weighted by atomic mass is 10.3. The minimum atomic E-state index is -0.377. The molecule has 2 unspecified atom stereocenters. The smallest absolute Gasteiger partial charge is 0.137 e. The van der Waals surface area contributed by atoms with Crippen molar-refractivity contribution in [2.24, 2.45) is 0 Å². The second-order valence-corrected chi connectivity index (χ2v) is 6.02. The van der Waals surface area contributed by atoms with Crippen molar-refractivity contribution in [3.05, 3.63) is 30.3 Å². The summed E-state index contributed by atoms with van der Waals surface area (Å²) in [5.74, 6) is 0. The zero-order valence-corrected chi connectivity index (χ0v) is 11.3. The Bertz CT molecular complexity index is 326. The van der Waals surface area contributed by atoms with Gasteiger partial charge in [-0.3, -0.25) is 10.6 Å². The fraction of sp³-hybridized carbons (Fsp3) is 0.400. The van der Waals surface area contributed by atoms with Crippen LogP contribution < -0.4 is 10.6 Å². The van der Waals surface area contributed by atoms with Crippen LogP contribution in [0.25, 0.3) is 0 Å². The summed E-state index contributed by atoms with van der Waals surface area (Å²) in [4.78, 5) is 1.14. The van der Waals surface area contributed by atoms with Crippen LogP contribution in [-0.4, -0.2) is 21.9 Å². The predicted octanol–water partition coefficient (Wildman–Crippen LogP) is 2.99. The maximum absolute atomic E-state index is 6.18. The molecule has 6 heteroatoms. The zero-order valence-electron chi connectivity index (χ0n) is 8.24. The number of thioether (sulfide) groups is 1. The van der Waals surface area contributed by atoms with Crippen LogP contribution in [0.4, 0.5) is 0 Å². The third-order valence-electron chi connectivity index (χ3n) is 2.20. The minimum absolute atomic E-state index is 0.0285. The highest BCUT2D eigenvalue weighted by Gasteiger charge is 2.34. The maximum Gasteiger partial charge on any atom is 0.137 e. The van der Waals surface area contributed by atoms with Gasteiger partial charge < -0.3 is 0 Å². The average molecular weight is 298 g/mol. The second kappa shape index (κ2) is 5.80. The van der Waals surface area contributed by atoms with E-state index in [9.17, 15) is 0 Å². The Hall–Kier alpha value is 0.360. The van der Waals surface area contributed by atoms with Gasteiger partial charge in [0.2, 0.25) is 0 Å². The molecule has 2 N–H and O–H groups in total. The van der Waals surface area contributed by atoms with Crippen LogP contribution in [0.3, 0.4) is 0 Å². The molecule has 1 aromatic carbocycles. The molecule has 0 bridgehead atoms. The van der Waals surface area contributed by atoms with E-state index >= 15 is 0 Å². The second-order valence-electron chi connectivity index (χ2n) is 3.39. The van der Waals surface area contributed by atoms with E-state index in [1.165, 1.54) is 0 Å². The van der Waals surface area contributed by atoms with Crippen molar-refractivity contribution < 1.29 is 0 Å². The molecule has 2 nitrogen and oxygen atoms in total. The number of nitrogens with one attached hydrogen (secondary N) is 2. The molecule has 16 heavy (non-hydrogen) atoms. The van der Waals surface area contributed by atoms with Crippen LogP contribution >= 0.6 is 46.6 Å². The molecule has 0 aromatic heterocycles. The van der Waals surface area contributed by atoms with E-state index in [4.69, 9.17) is 34.8 Å². The van der Waals surface area contributed by atoms with E-state index < -0.39 is 0 Å². The van der Waals surface area contributed by atoms with Crippen molar-refractivity contribution in [2.45, 2.75) is 26.8 Å². The predicted molar refractivity (Wildman–Crippen MR) is 71.3 cm³/mol. The van der Waals surface area contributed by atoms with E-state index in [1.54, 1.807) is 11.8 Å². The highest BCUT2D eigenvalue weighted by atomic mass is 35.5. The lowest BCUT2D eigenvalue weighted by Gasteiger charge is -2.35. The summed E-state index contributed by atoms with van der Waals surface area (Å²) in [7, 11) is 0. The first kappa shape index (κ1) is 12.8. The molecule has 0 amide bonds. The number of rotatable bonds is 2. The van der Waals surface area contributed by atoms with Gasteiger partial charge in [-0.1, -0.05) is 29.8 Å². The summed E-state index contributed by atoms with van der Waals surface area (Å²) in [6.45, 7) is 0. The molecule has 1 saturated heterocycles. The molecule has 2 rings (SSSR count). The molecule has 0 radical (unpaired) electrons. The number of benzene rings is 1. The van der Waals surface area contributed by atoms with Gasteiger partial charge in [0, 0.05) is 4.90 Å². The number of hydrogen-bond donors (Lipinski definition) is 2. The number of alkyl halides is 3. The number of hydrogen-bond acceptors (Lipinski definition) is 3. The molecular formula is C10H11Cl3N2S. The summed E-state index contributed by atoms with van der Waals surface area (Å²) < 4.78 is 0. The molecular weight excluding hydrogens is 287 g/mol. The highest BCUT2D eigenvalue weighted by Crippen LogP contribution is 2.32. The SMILES string of the molecule is ClC1NC(Cl)C(Sc2ccccc2)C(Cl)N1. The molecule has 1 aliphatic heterocycles. The van der Waals surface area contributed by atoms with Gasteiger partial charge in [0.25, 0.3) is 0 Å². The van der Waals surface area contributed by atoms with E-state index in [1.807, 2.05) is 30.3 Å². The normalized spacial score (nSPS) is 34.9. The lowest BCUT2D eigenvalue weighted by Crippen LogP contribution is -2.59. The Labute approximate surface area is 114 Å². The van der Waals surface area contributed by atoms with Gasteiger partial charge in [0.15, 0.2) is 0 Å². The van der Waals surface area contributed by atoms with Gasteiger partial charge >= 0.3 is 0 Å². The van der Waals surface area contributed by atoms with Crippen molar-refractivity contribution in [1.82, 2.24) is 10.6 Å². The third kappa shape index (κ3) is 3.19. The summed E-state index contributed by atoms with van der Waals surface area (Å²) in [6.07, 6.45) is 0. The maximum atomic E-state index is 6.18. The standard InChI is InChI=1S/C10H11Cl3N2S/c11-8-7(9(12)15-10(13)14-8)16-6-4-2-1-3-5-6/h1-5,7-10,14-15H. The summed E-state index contributed by atoms with van der Waals surface area (Å²) in [6, 6.07) is 10.0. The zero-order chi connectivity index (χ0) is 11.5. The van der Waals surface area contributed by atoms with Gasteiger partial charge in [-0.25, -0.2) is 0 Å². The number of halogens is 3. The van der Waals surface area contributed by atoms with E-state index in [0.29, 0.717) is 0 Å². The Balaban J connectivity index is 2.03. The molecule has 2 atom stereocenters. The summed E-state index contributed by atoms with van der Waals surface area (Å²) >= 11 is 19.9. The quantitative estimate of drug-likeness (QED) is 0.648. The van der Waals surface area contributed by atoms with Gasteiger partial charge in [-0.15, -0.1) is 35.0 Å². The van der Waals surface area contributed by atoms with Gasteiger partial charge in [0.1, 0.15) is 5.62 Å². The van der Waals surface area contributed by atoms with Crippen LogP contribution in [0, 0.1) is 0 Å². The Morgan fingerprint density at radius 1 is 0.938 bits per heavy atom.